The number of hydrogen-bond acceptors (Lipinski definition) is 9. The van der Waals surface area contributed by atoms with Gasteiger partial charge < -0.3 is 29.7 Å². The Labute approximate surface area is 243 Å². The summed E-state index contributed by atoms with van der Waals surface area (Å²) in [7, 11) is 3.87. The fourth-order valence-electron chi connectivity index (χ4n) is 4.18. The Morgan fingerprint density at radius 1 is 1.15 bits per heavy atom. The number of anilines is 3. The summed E-state index contributed by atoms with van der Waals surface area (Å²) in [4.78, 5) is 27.9. The second-order valence-electron chi connectivity index (χ2n) is 9.73. The van der Waals surface area contributed by atoms with Crippen molar-refractivity contribution < 1.29 is 19.0 Å². The van der Waals surface area contributed by atoms with E-state index in [0.717, 1.165) is 12.1 Å². The molecule has 41 heavy (non-hydrogen) atoms. The highest BCUT2D eigenvalue weighted by molar-refractivity contribution is 6.32. The molecule has 1 aliphatic heterocycles. The SMILES string of the molecule is CN(C)C/C=C/C(=O)Nc1cc2c(Nc3ccc(OCc4ccccn4)c(Cl)c3)ncnc2cc1OC1CCOC1. The first-order valence-electron chi connectivity index (χ1n) is 13.2. The predicted molar refractivity (Wildman–Crippen MR) is 159 cm³/mol. The molecule has 2 aromatic carbocycles. The molecule has 1 unspecified atom stereocenters. The molecule has 0 saturated carbocycles. The molecule has 1 atom stereocenters. The van der Waals surface area contributed by atoms with Gasteiger partial charge in [0.2, 0.25) is 5.91 Å². The average molecular weight is 575 g/mol. The number of likely N-dealkylation sites (N-methyl/N-ethyl adjacent to an activating group) is 1. The Morgan fingerprint density at radius 3 is 2.80 bits per heavy atom. The third kappa shape index (κ3) is 7.69. The second-order valence-corrected chi connectivity index (χ2v) is 10.1. The Morgan fingerprint density at radius 2 is 2.05 bits per heavy atom. The number of fused-ring (bicyclic) bond motifs is 1. The Balaban J connectivity index is 1.39. The molecule has 1 saturated heterocycles. The number of ether oxygens (including phenoxy) is 3. The molecule has 5 rings (SSSR count). The van der Waals surface area contributed by atoms with Gasteiger partial charge >= 0.3 is 0 Å². The number of amides is 1. The number of carbonyl (C=O) groups is 1. The number of hydrogen-bond donors (Lipinski definition) is 2. The lowest BCUT2D eigenvalue weighted by Gasteiger charge is -2.18. The predicted octanol–water partition coefficient (Wildman–Crippen LogP) is 5.22. The van der Waals surface area contributed by atoms with E-state index in [1.165, 1.54) is 12.4 Å². The first kappa shape index (κ1) is 28.3. The first-order chi connectivity index (χ1) is 19.9. The molecular formula is C30H31ClN6O4. The smallest absolute Gasteiger partial charge is 0.248 e. The molecule has 3 heterocycles. The van der Waals surface area contributed by atoms with Crippen LogP contribution in [0.3, 0.4) is 0 Å². The Kier molecular flexibility index (Phi) is 9.25. The van der Waals surface area contributed by atoms with E-state index in [4.69, 9.17) is 25.8 Å². The van der Waals surface area contributed by atoms with Gasteiger partial charge in [-0.1, -0.05) is 23.7 Å². The topological polar surface area (TPSA) is 111 Å². The zero-order valence-corrected chi connectivity index (χ0v) is 23.6. The fraction of sp³-hybridized carbons (Fsp3) is 0.267. The van der Waals surface area contributed by atoms with E-state index in [9.17, 15) is 4.79 Å². The van der Waals surface area contributed by atoms with Gasteiger partial charge in [-0.3, -0.25) is 9.78 Å². The minimum Gasteiger partial charge on any atom is -0.486 e. The minimum absolute atomic E-state index is 0.104. The lowest BCUT2D eigenvalue weighted by Crippen LogP contribution is -2.18. The molecule has 212 valence electrons. The highest BCUT2D eigenvalue weighted by atomic mass is 35.5. The van der Waals surface area contributed by atoms with Crippen molar-refractivity contribution in [3.8, 4) is 11.5 Å². The molecule has 0 spiro atoms. The first-order valence-corrected chi connectivity index (χ1v) is 13.6. The third-order valence-corrected chi connectivity index (χ3v) is 6.51. The van der Waals surface area contributed by atoms with Gasteiger partial charge in [0.25, 0.3) is 0 Å². The van der Waals surface area contributed by atoms with Crippen molar-refractivity contribution >= 4 is 45.6 Å². The maximum atomic E-state index is 12.7. The van der Waals surface area contributed by atoms with Crippen LogP contribution in [0.1, 0.15) is 12.1 Å². The summed E-state index contributed by atoms with van der Waals surface area (Å²) in [6, 6.07) is 14.7. The molecule has 0 aliphatic carbocycles. The van der Waals surface area contributed by atoms with Crippen LogP contribution in [0.5, 0.6) is 11.5 Å². The fourth-order valence-corrected chi connectivity index (χ4v) is 4.41. The molecule has 0 radical (unpaired) electrons. The van der Waals surface area contributed by atoms with Gasteiger partial charge in [-0.05, 0) is 50.5 Å². The normalized spacial score (nSPS) is 15.0. The summed E-state index contributed by atoms with van der Waals surface area (Å²) < 4.78 is 17.5. The summed E-state index contributed by atoms with van der Waals surface area (Å²) in [6.45, 7) is 2.08. The Bertz CT molecular complexity index is 1530. The zero-order valence-electron chi connectivity index (χ0n) is 22.8. The van der Waals surface area contributed by atoms with Crippen LogP contribution in [-0.4, -0.2) is 65.7 Å². The highest BCUT2D eigenvalue weighted by Crippen LogP contribution is 2.36. The van der Waals surface area contributed by atoms with Gasteiger partial charge in [0.05, 0.1) is 35.1 Å². The summed E-state index contributed by atoms with van der Waals surface area (Å²) in [6.07, 6.45) is 7.16. The van der Waals surface area contributed by atoms with Gasteiger partial charge in [-0.25, -0.2) is 9.97 Å². The van der Waals surface area contributed by atoms with Crippen LogP contribution >= 0.6 is 11.6 Å². The van der Waals surface area contributed by atoms with Crippen molar-refractivity contribution in [2.24, 2.45) is 0 Å². The molecule has 1 fully saturated rings. The van der Waals surface area contributed by atoms with E-state index in [2.05, 4.69) is 25.6 Å². The van der Waals surface area contributed by atoms with Crippen molar-refractivity contribution in [1.82, 2.24) is 19.9 Å². The van der Waals surface area contributed by atoms with Gasteiger partial charge in [-0.15, -0.1) is 0 Å². The monoisotopic (exact) mass is 574 g/mol. The molecule has 2 aromatic heterocycles. The van der Waals surface area contributed by atoms with Crippen molar-refractivity contribution in [1.29, 1.82) is 0 Å². The lowest BCUT2D eigenvalue weighted by molar-refractivity contribution is -0.111. The number of pyridine rings is 1. The highest BCUT2D eigenvalue weighted by Gasteiger charge is 2.21. The van der Waals surface area contributed by atoms with Crippen LogP contribution in [0.4, 0.5) is 17.2 Å². The van der Waals surface area contributed by atoms with Gasteiger partial charge in [0.15, 0.2) is 0 Å². The summed E-state index contributed by atoms with van der Waals surface area (Å²) >= 11 is 6.52. The van der Waals surface area contributed by atoms with E-state index < -0.39 is 0 Å². The largest absolute Gasteiger partial charge is 0.486 e. The Hall–Kier alpha value is -4.25. The maximum absolute atomic E-state index is 12.7. The van der Waals surface area contributed by atoms with Gasteiger partial charge in [-0.2, -0.15) is 0 Å². The summed E-state index contributed by atoms with van der Waals surface area (Å²) in [5, 5.41) is 7.40. The van der Waals surface area contributed by atoms with Gasteiger partial charge in [0.1, 0.15) is 36.4 Å². The molecule has 0 bridgehead atoms. The van der Waals surface area contributed by atoms with E-state index in [1.807, 2.05) is 49.3 Å². The summed E-state index contributed by atoms with van der Waals surface area (Å²) in [5.74, 6) is 1.34. The van der Waals surface area contributed by atoms with Crippen molar-refractivity contribution in [3.05, 3.63) is 83.9 Å². The molecule has 2 N–H and O–H groups in total. The number of aromatic nitrogens is 3. The quantitative estimate of drug-likeness (QED) is 0.233. The number of benzene rings is 2. The molecule has 10 nitrogen and oxygen atoms in total. The van der Waals surface area contributed by atoms with Crippen LogP contribution < -0.4 is 20.1 Å². The molecule has 11 heteroatoms. The van der Waals surface area contributed by atoms with E-state index >= 15 is 0 Å². The number of rotatable bonds is 11. The third-order valence-electron chi connectivity index (χ3n) is 6.21. The maximum Gasteiger partial charge on any atom is 0.248 e. The second kappa shape index (κ2) is 13.4. The number of nitrogens with one attached hydrogen (secondary N) is 2. The van der Waals surface area contributed by atoms with E-state index in [-0.39, 0.29) is 12.0 Å². The number of carbonyl (C=O) groups excluding carboxylic acids is 1. The molecule has 1 aliphatic rings. The lowest BCUT2D eigenvalue weighted by atomic mass is 10.1. The van der Waals surface area contributed by atoms with E-state index in [1.54, 1.807) is 30.5 Å². The standard InChI is InChI=1S/C30H31ClN6O4/c1-37(2)12-5-7-29(38)36-26-15-23-25(16-28(26)41-22-10-13-39-18-22)33-19-34-30(23)35-20-8-9-27(24(31)14-20)40-17-21-6-3-4-11-32-21/h3-9,11,14-16,19,22H,10,12-13,17-18H2,1-2H3,(H,36,38)(H,33,34,35)/b7-5+. The molecule has 1 amide bonds. The van der Waals surface area contributed by atoms with Crippen molar-refractivity contribution in [2.75, 3.05) is 44.5 Å². The van der Waals surface area contributed by atoms with Crippen molar-refractivity contribution in [3.63, 3.8) is 0 Å². The zero-order chi connectivity index (χ0) is 28.6. The van der Waals surface area contributed by atoms with Crippen LogP contribution in [0, 0.1) is 0 Å². The van der Waals surface area contributed by atoms with Gasteiger partial charge in [0, 0.05) is 42.4 Å². The van der Waals surface area contributed by atoms with Crippen LogP contribution in [0.2, 0.25) is 5.02 Å². The number of nitrogens with zero attached hydrogens (tertiary/aromatic N) is 4. The van der Waals surface area contributed by atoms with Crippen LogP contribution in [0.25, 0.3) is 10.9 Å². The van der Waals surface area contributed by atoms with Crippen molar-refractivity contribution in [2.45, 2.75) is 19.1 Å². The average Bonchev–Trinajstić information content (AvgIpc) is 3.47. The molecule has 4 aromatic rings. The van der Waals surface area contributed by atoms with E-state index in [0.29, 0.717) is 71.0 Å². The number of halogens is 1. The van der Waals surface area contributed by atoms with Crippen LogP contribution in [-0.2, 0) is 16.1 Å². The summed E-state index contributed by atoms with van der Waals surface area (Å²) in [5.41, 5.74) is 2.68. The van der Waals surface area contributed by atoms with Crippen LogP contribution in [0.15, 0.2) is 73.2 Å². The molecular weight excluding hydrogens is 544 g/mol. The minimum atomic E-state index is -0.266.